The zero-order valence-electron chi connectivity index (χ0n) is 15.2. The van der Waals surface area contributed by atoms with Gasteiger partial charge in [-0.1, -0.05) is 41.9 Å². The summed E-state index contributed by atoms with van der Waals surface area (Å²) in [6.07, 6.45) is 3.39. The molecule has 1 heterocycles. The van der Waals surface area contributed by atoms with E-state index < -0.39 is 0 Å². The molecule has 1 aromatic heterocycles. The van der Waals surface area contributed by atoms with Gasteiger partial charge in [0.2, 0.25) is 0 Å². The number of hydrogen-bond donors (Lipinski definition) is 2. The van der Waals surface area contributed by atoms with Crippen LogP contribution in [0.1, 0.15) is 41.4 Å². The second kappa shape index (κ2) is 7.67. The minimum atomic E-state index is -0.0965. The van der Waals surface area contributed by atoms with Crippen molar-refractivity contribution in [3.05, 3.63) is 76.1 Å². The van der Waals surface area contributed by atoms with Crippen LogP contribution in [-0.2, 0) is 13.0 Å². The number of benzene rings is 2. The molecule has 0 bridgehead atoms. The number of rotatable bonds is 4. The first-order valence-electron chi connectivity index (χ1n) is 9.24. The number of nitrogens with one attached hydrogen (secondary N) is 1. The third kappa shape index (κ3) is 3.82. The number of anilines is 1. The van der Waals surface area contributed by atoms with Crippen molar-refractivity contribution in [3.8, 4) is 11.3 Å². The van der Waals surface area contributed by atoms with Crippen molar-refractivity contribution in [1.82, 2.24) is 9.97 Å². The maximum atomic E-state index is 9.48. The van der Waals surface area contributed by atoms with E-state index in [0.717, 1.165) is 29.9 Å². The van der Waals surface area contributed by atoms with Gasteiger partial charge in [0.15, 0.2) is 0 Å². The lowest BCUT2D eigenvalue weighted by Gasteiger charge is -2.27. The SMILES string of the molecule is Cc1nc(N[C@@H]2CCCc3ccccc32)cc(-c2ccc(Cl)c(CO)c2)n1. The molecule has 2 aromatic carbocycles. The van der Waals surface area contributed by atoms with Gasteiger partial charge in [0, 0.05) is 16.7 Å². The molecular weight excluding hydrogens is 358 g/mol. The van der Waals surface area contributed by atoms with Crippen molar-refractivity contribution in [2.45, 2.75) is 38.8 Å². The fourth-order valence-corrected chi connectivity index (χ4v) is 3.90. The molecule has 1 atom stereocenters. The Labute approximate surface area is 164 Å². The fourth-order valence-electron chi connectivity index (χ4n) is 3.73. The van der Waals surface area contributed by atoms with E-state index in [4.69, 9.17) is 11.6 Å². The highest BCUT2D eigenvalue weighted by atomic mass is 35.5. The van der Waals surface area contributed by atoms with Gasteiger partial charge in [-0.3, -0.25) is 0 Å². The molecular formula is C22H22ClN3O. The molecule has 3 aromatic rings. The molecule has 2 N–H and O–H groups in total. The topological polar surface area (TPSA) is 58.0 Å². The monoisotopic (exact) mass is 379 g/mol. The van der Waals surface area contributed by atoms with Crippen LogP contribution in [-0.4, -0.2) is 15.1 Å². The Kier molecular flexibility index (Phi) is 5.10. The molecule has 0 aliphatic heterocycles. The summed E-state index contributed by atoms with van der Waals surface area (Å²) < 4.78 is 0. The van der Waals surface area contributed by atoms with Crippen LogP contribution in [0.25, 0.3) is 11.3 Å². The standard InChI is InChI=1S/C22H22ClN3O/c1-14-24-21(16-9-10-19(23)17(11-16)13-27)12-22(25-14)26-20-8-4-6-15-5-2-3-7-18(15)20/h2-3,5,7,9-12,20,27H,4,6,8,13H2,1H3,(H,24,25,26)/t20-/m1/s1. The van der Waals surface area contributed by atoms with Crippen LogP contribution in [0.4, 0.5) is 5.82 Å². The van der Waals surface area contributed by atoms with E-state index in [1.807, 2.05) is 25.1 Å². The Morgan fingerprint density at radius 3 is 2.85 bits per heavy atom. The number of aliphatic hydroxyl groups is 1. The number of aromatic nitrogens is 2. The normalized spacial score (nSPS) is 16.0. The van der Waals surface area contributed by atoms with Crippen molar-refractivity contribution in [2.75, 3.05) is 5.32 Å². The van der Waals surface area contributed by atoms with Crippen molar-refractivity contribution < 1.29 is 5.11 Å². The van der Waals surface area contributed by atoms with Gasteiger partial charge in [-0.2, -0.15) is 0 Å². The quantitative estimate of drug-likeness (QED) is 0.663. The molecule has 138 valence electrons. The summed E-state index contributed by atoms with van der Waals surface area (Å²) in [7, 11) is 0. The number of nitrogens with zero attached hydrogens (tertiary/aromatic N) is 2. The third-order valence-electron chi connectivity index (χ3n) is 5.04. The first-order valence-corrected chi connectivity index (χ1v) is 9.61. The van der Waals surface area contributed by atoms with Crippen molar-refractivity contribution in [2.24, 2.45) is 0 Å². The molecule has 5 heteroatoms. The first kappa shape index (κ1) is 18.0. The lowest BCUT2D eigenvalue weighted by molar-refractivity contribution is 0.282. The zero-order chi connectivity index (χ0) is 18.8. The molecule has 4 nitrogen and oxygen atoms in total. The molecule has 0 fully saturated rings. The minimum absolute atomic E-state index is 0.0965. The van der Waals surface area contributed by atoms with E-state index in [-0.39, 0.29) is 12.6 Å². The highest BCUT2D eigenvalue weighted by molar-refractivity contribution is 6.31. The van der Waals surface area contributed by atoms with Crippen LogP contribution in [0, 0.1) is 6.92 Å². The molecule has 27 heavy (non-hydrogen) atoms. The summed E-state index contributed by atoms with van der Waals surface area (Å²) in [5.41, 5.74) is 5.20. The number of hydrogen-bond acceptors (Lipinski definition) is 4. The van der Waals surface area contributed by atoms with E-state index in [0.29, 0.717) is 16.4 Å². The van der Waals surface area contributed by atoms with Gasteiger partial charge in [0.05, 0.1) is 18.3 Å². The van der Waals surface area contributed by atoms with Gasteiger partial charge in [0.25, 0.3) is 0 Å². The predicted molar refractivity (Wildman–Crippen MR) is 109 cm³/mol. The van der Waals surface area contributed by atoms with E-state index in [2.05, 4.69) is 39.6 Å². The number of halogens is 1. The Balaban J connectivity index is 1.66. The van der Waals surface area contributed by atoms with E-state index >= 15 is 0 Å². The number of aryl methyl sites for hydroxylation is 2. The Hall–Kier alpha value is -2.43. The Morgan fingerprint density at radius 2 is 2.00 bits per heavy atom. The van der Waals surface area contributed by atoms with Crippen molar-refractivity contribution in [1.29, 1.82) is 0 Å². The summed E-state index contributed by atoms with van der Waals surface area (Å²) in [6.45, 7) is 1.80. The summed E-state index contributed by atoms with van der Waals surface area (Å²) in [5, 5.41) is 13.6. The molecule has 0 unspecified atom stereocenters. The average molecular weight is 380 g/mol. The lowest BCUT2D eigenvalue weighted by Crippen LogP contribution is -2.18. The smallest absolute Gasteiger partial charge is 0.130 e. The summed E-state index contributed by atoms with van der Waals surface area (Å²) >= 11 is 6.12. The Bertz CT molecular complexity index is 974. The van der Waals surface area contributed by atoms with E-state index in [1.54, 1.807) is 6.07 Å². The first-order chi connectivity index (χ1) is 13.1. The maximum Gasteiger partial charge on any atom is 0.130 e. The number of aliphatic hydroxyl groups excluding tert-OH is 1. The summed E-state index contributed by atoms with van der Waals surface area (Å²) in [5.74, 6) is 1.53. The lowest BCUT2D eigenvalue weighted by atomic mass is 9.88. The molecule has 0 amide bonds. The molecule has 0 spiro atoms. The maximum absolute atomic E-state index is 9.48. The number of fused-ring (bicyclic) bond motifs is 1. The highest BCUT2D eigenvalue weighted by Gasteiger charge is 2.20. The molecule has 1 aliphatic rings. The molecule has 0 saturated heterocycles. The van der Waals surface area contributed by atoms with Gasteiger partial charge in [0.1, 0.15) is 11.6 Å². The second-order valence-corrected chi connectivity index (χ2v) is 7.35. The van der Waals surface area contributed by atoms with Gasteiger partial charge in [-0.25, -0.2) is 9.97 Å². The average Bonchev–Trinajstić information content (AvgIpc) is 2.68. The predicted octanol–water partition coefficient (Wildman–Crippen LogP) is 5.09. The van der Waals surface area contributed by atoms with Crippen LogP contribution in [0.5, 0.6) is 0 Å². The van der Waals surface area contributed by atoms with Crippen molar-refractivity contribution in [3.63, 3.8) is 0 Å². The van der Waals surface area contributed by atoms with E-state index in [1.165, 1.54) is 17.5 Å². The molecule has 4 rings (SSSR count). The fraction of sp³-hybridized carbons (Fsp3) is 0.273. The van der Waals surface area contributed by atoms with Crippen LogP contribution >= 0.6 is 11.6 Å². The highest BCUT2D eigenvalue weighted by Crippen LogP contribution is 2.33. The Morgan fingerprint density at radius 1 is 1.15 bits per heavy atom. The largest absolute Gasteiger partial charge is 0.392 e. The van der Waals surface area contributed by atoms with Gasteiger partial charge >= 0.3 is 0 Å². The molecule has 1 aliphatic carbocycles. The minimum Gasteiger partial charge on any atom is -0.392 e. The molecule has 0 saturated carbocycles. The van der Waals surface area contributed by atoms with Crippen LogP contribution in [0.15, 0.2) is 48.5 Å². The van der Waals surface area contributed by atoms with Gasteiger partial charge in [-0.05, 0) is 55.0 Å². The van der Waals surface area contributed by atoms with Crippen molar-refractivity contribution >= 4 is 17.4 Å². The second-order valence-electron chi connectivity index (χ2n) is 6.94. The van der Waals surface area contributed by atoms with Gasteiger partial charge < -0.3 is 10.4 Å². The van der Waals surface area contributed by atoms with Crippen LogP contribution in [0.2, 0.25) is 5.02 Å². The van der Waals surface area contributed by atoms with E-state index in [9.17, 15) is 5.11 Å². The summed E-state index contributed by atoms with van der Waals surface area (Å²) in [4.78, 5) is 9.16. The third-order valence-corrected chi connectivity index (χ3v) is 5.41. The summed E-state index contributed by atoms with van der Waals surface area (Å²) in [6, 6.07) is 16.4. The van der Waals surface area contributed by atoms with Crippen LogP contribution < -0.4 is 5.32 Å². The van der Waals surface area contributed by atoms with Crippen LogP contribution in [0.3, 0.4) is 0 Å². The zero-order valence-corrected chi connectivity index (χ0v) is 16.0. The van der Waals surface area contributed by atoms with Gasteiger partial charge in [-0.15, -0.1) is 0 Å². The molecule has 0 radical (unpaired) electrons.